The topological polar surface area (TPSA) is 60.2 Å². The molecule has 0 aromatic carbocycles. The minimum absolute atomic E-state index is 0.165. The van der Waals surface area contributed by atoms with Crippen molar-refractivity contribution in [3.63, 3.8) is 0 Å². The van der Waals surface area contributed by atoms with Crippen molar-refractivity contribution in [2.75, 3.05) is 18.1 Å². The zero-order valence-electron chi connectivity index (χ0n) is 9.17. The number of hydrogen-bond donors (Lipinski definition) is 1. The number of aliphatic hydroxyl groups is 1. The third-order valence-electron chi connectivity index (χ3n) is 3.75. The van der Waals surface area contributed by atoms with Crippen LogP contribution in [0.5, 0.6) is 0 Å². The van der Waals surface area contributed by atoms with Crippen LogP contribution >= 0.6 is 11.6 Å². The molecule has 4 nitrogen and oxygen atoms in total. The lowest BCUT2D eigenvalue weighted by atomic mass is 10.2. The van der Waals surface area contributed by atoms with E-state index in [0.29, 0.717) is 16.9 Å². The molecular weight excluding hydrogens is 238 g/mol. The summed E-state index contributed by atoms with van der Waals surface area (Å²) in [6.07, 6.45) is 2.89. The Labute approximate surface area is 104 Å². The van der Waals surface area contributed by atoms with Gasteiger partial charge in [-0.1, -0.05) is 11.6 Å². The number of anilines is 1. The van der Waals surface area contributed by atoms with Gasteiger partial charge in [0, 0.05) is 6.54 Å². The first kappa shape index (κ1) is 10.8. The third-order valence-corrected chi connectivity index (χ3v) is 4.04. The van der Waals surface area contributed by atoms with E-state index in [-0.39, 0.29) is 18.3 Å². The van der Waals surface area contributed by atoms with E-state index in [1.165, 1.54) is 6.42 Å². The second-order valence-electron chi connectivity index (χ2n) is 4.70. The summed E-state index contributed by atoms with van der Waals surface area (Å²) in [5, 5.41) is 18.6. The van der Waals surface area contributed by atoms with Crippen LogP contribution < -0.4 is 4.90 Å². The van der Waals surface area contributed by atoms with Crippen molar-refractivity contribution in [1.29, 1.82) is 5.26 Å². The lowest BCUT2D eigenvalue weighted by Gasteiger charge is -2.28. The summed E-state index contributed by atoms with van der Waals surface area (Å²) >= 11 is 5.97. The molecular formula is C12H12ClN3O. The summed E-state index contributed by atoms with van der Waals surface area (Å²) in [7, 11) is 0. The van der Waals surface area contributed by atoms with Gasteiger partial charge in [-0.05, 0) is 24.3 Å². The molecule has 3 atom stereocenters. The molecule has 0 amide bonds. The fraction of sp³-hybridized carbons (Fsp3) is 0.500. The van der Waals surface area contributed by atoms with Crippen molar-refractivity contribution in [3.05, 3.63) is 23.0 Å². The molecule has 2 fully saturated rings. The van der Waals surface area contributed by atoms with Crippen molar-refractivity contribution in [3.8, 4) is 6.07 Å². The van der Waals surface area contributed by atoms with Crippen molar-refractivity contribution in [2.24, 2.45) is 11.8 Å². The molecule has 3 rings (SSSR count). The van der Waals surface area contributed by atoms with Crippen LogP contribution in [0, 0.1) is 23.2 Å². The quantitative estimate of drug-likeness (QED) is 0.861. The SMILES string of the molecule is N#Cc1ncc(N2C[C@@H]3CC3[C@@H]2CO)cc1Cl. The minimum atomic E-state index is 0.165. The molecule has 0 radical (unpaired) electrons. The third kappa shape index (κ3) is 1.67. The fourth-order valence-electron chi connectivity index (χ4n) is 2.77. The normalized spacial score (nSPS) is 29.9. The molecule has 1 saturated heterocycles. The summed E-state index contributed by atoms with van der Waals surface area (Å²) in [5.41, 5.74) is 1.15. The van der Waals surface area contributed by atoms with Gasteiger partial charge in [-0.3, -0.25) is 0 Å². The lowest BCUT2D eigenvalue weighted by molar-refractivity contribution is 0.256. The Balaban J connectivity index is 1.90. The maximum Gasteiger partial charge on any atom is 0.159 e. The Morgan fingerprint density at radius 3 is 3.12 bits per heavy atom. The van der Waals surface area contributed by atoms with Crippen molar-refractivity contribution >= 4 is 17.3 Å². The van der Waals surface area contributed by atoms with Gasteiger partial charge in [0.25, 0.3) is 0 Å². The van der Waals surface area contributed by atoms with E-state index >= 15 is 0 Å². The summed E-state index contributed by atoms with van der Waals surface area (Å²) < 4.78 is 0. The van der Waals surface area contributed by atoms with Gasteiger partial charge < -0.3 is 10.0 Å². The van der Waals surface area contributed by atoms with E-state index < -0.39 is 0 Å². The monoisotopic (exact) mass is 249 g/mol. The lowest BCUT2D eigenvalue weighted by Crippen LogP contribution is -2.35. The zero-order valence-corrected chi connectivity index (χ0v) is 9.93. The number of rotatable bonds is 2. The van der Waals surface area contributed by atoms with Crippen LogP contribution in [0.2, 0.25) is 5.02 Å². The zero-order chi connectivity index (χ0) is 12.0. The first-order valence-corrected chi connectivity index (χ1v) is 6.05. The number of halogens is 1. The number of fused-ring (bicyclic) bond motifs is 1. The van der Waals surface area contributed by atoms with Crippen LogP contribution in [0.15, 0.2) is 12.3 Å². The van der Waals surface area contributed by atoms with Crippen molar-refractivity contribution in [2.45, 2.75) is 12.5 Å². The molecule has 1 N–H and O–H groups in total. The molecule has 0 spiro atoms. The molecule has 88 valence electrons. The number of nitrogens with zero attached hydrogens (tertiary/aromatic N) is 3. The van der Waals surface area contributed by atoms with E-state index in [1.54, 1.807) is 12.3 Å². The highest BCUT2D eigenvalue weighted by molar-refractivity contribution is 6.31. The number of pyridine rings is 1. The molecule has 2 heterocycles. The number of aliphatic hydroxyl groups excluding tert-OH is 1. The number of aromatic nitrogens is 1. The Bertz CT molecular complexity index is 499. The second kappa shape index (κ2) is 3.86. The first-order chi connectivity index (χ1) is 8.24. The first-order valence-electron chi connectivity index (χ1n) is 5.67. The van der Waals surface area contributed by atoms with E-state index in [4.69, 9.17) is 16.9 Å². The molecule has 1 aliphatic heterocycles. The van der Waals surface area contributed by atoms with Gasteiger partial charge in [0.15, 0.2) is 5.69 Å². The Hall–Kier alpha value is -1.31. The van der Waals surface area contributed by atoms with Crippen LogP contribution in [0.1, 0.15) is 12.1 Å². The van der Waals surface area contributed by atoms with E-state index in [2.05, 4.69) is 9.88 Å². The number of hydrogen-bond acceptors (Lipinski definition) is 4. The highest BCUT2D eigenvalue weighted by atomic mass is 35.5. The average Bonchev–Trinajstić information content (AvgIpc) is 3.01. The molecule has 1 aromatic heterocycles. The van der Waals surface area contributed by atoms with Gasteiger partial charge >= 0.3 is 0 Å². The van der Waals surface area contributed by atoms with Gasteiger partial charge in [0.05, 0.1) is 29.6 Å². The summed E-state index contributed by atoms with van der Waals surface area (Å²) in [5.74, 6) is 1.33. The van der Waals surface area contributed by atoms with Gasteiger partial charge in [-0.25, -0.2) is 4.98 Å². The molecule has 1 aliphatic carbocycles. The van der Waals surface area contributed by atoms with Gasteiger partial charge in [0.1, 0.15) is 6.07 Å². The molecule has 1 aromatic rings. The molecule has 5 heteroatoms. The minimum Gasteiger partial charge on any atom is -0.394 e. The van der Waals surface area contributed by atoms with Gasteiger partial charge in [-0.2, -0.15) is 5.26 Å². The van der Waals surface area contributed by atoms with Crippen molar-refractivity contribution in [1.82, 2.24) is 4.98 Å². The standard InChI is InChI=1S/C12H12ClN3O/c13-10-2-8(4-15-11(10)3-14)16-5-7-1-9(7)12(16)6-17/h2,4,7,9,12,17H,1,5-6H2/t7-,9?,12-/m0/s1. The average molecular weight is 250 g/mol. The Kier molecular flexibility index (Phi) is 2.46. The van der Waals surface area contributed by atoms with Crippen LogP contribution in [0.3, 0.4) is 0 Å². The van der Waals surface area contributed by atoms with E-state index in [9.17, 15) is 5.11 Å². The summed E-state index contributed by atoms with van der Waals surface area (Å²) in [6.45, 7) is 1.12. The van der Waals surface area contributed by atoms with Crippen LogP contribution in [0.4, 0.5) is 5.69 Å². The Morgan fingerprint density at radius 1 is 1.65 bits per heavy atom. The van der Waals surface area contributed by atoms with Gasteiger partial charge in [0.2, 0.25) is 0 Å². The summed E-state index contributed by atoms with van der Waals surface area (Å²) in [4.78, 5) is 6.19. The van der Waals surface area contributed by atoms with Crippen LogP contribution in [0.25, 0.3) is 0 Å². The molecule has 0 bridgehead atoms. The van der Waals surface area contributed by atoms with Crippen LogP contribution in [-0.4, -0.2) is 29.3 Å². The number of piperidine rings is 1. The maximum atomic E-state index is 9.42. The Morgan fingerprint density at radius 2 is 2.47 bits per heavy atom. The fourth-order valence-corrected chi connectivity index (χ4v) is 2.97. The van der Waals surface area contributed by atoms with Crippen molar-refractivity contribution < 1.29 is 5.11 Å². The highest BCUT2D eigenvalue weighted by Gasteiger charge is 2.52. The van der Waals surface area contributed by atoms with E-state index in [1.807, 2.05) is 6.07 Å². The smallest absolute Gasteiger partial charge is 0.159 e. The predicted octanol–water partition coefficient (Wildman–Crippen LogP) is 1.42. The summed E-state index contributed by atoms with van der Waals surface area (Å²) in [6, 6.07) is 3.90. The largest absolute Gasteiger partial charge is 0.394 e. The molecule has 2 aliphatic rings. The highest BCUT2D eigenvalue weighted by Crippen LogP contribution is 2.50. The molecule has 17 heavy (non-hydrogen) atoms. The molecule has 1 saturated carbocycles. The van der Waals surface area contributed by atoms with Crippen LogP contribution in [-0.2, 0) is 0 Å². The van der Waals surface area contributed by atoms with E-state index in [0.717, 1.165) is 12.2 Å². The predicted molar refractivity (Wildman–Crippen MR) is 63.8 cm³/mol. The maximum absolute atomic E-state index is 9.42. The second-order valence-corrected chi connectivity index (χ2v) is 5.10. The van der Waals surface area contributed by atoms with Gasteiger partial charge in [-0.15, -0.1) is 0 Å². The number of nitriles is 1. The molecule has 1 unspecified atom stereocenters.